The van der Waals surface area contributed by atoms with Crippen LogP contribution in [0.25, 0.3) is 0 Å². The molecule has 0 saturated heterocycles. The Morgan fingerprint density at radius 3 is 2.48 bits per heavy atom. The Labute approximate surface area is 161 Å². The van der Waals surface area contributed by atoms with Crippen molar-refractivity contribution < 1.29 is 17.9 Å². The Hall–Kier alpha value is -2.38. The van der Waals surface area contributed by atoms with Gasteiger partial charge in [0.05, 0.1) is 11.5 Å². The minimum atomic E-state index is -3.58. The number of benzene rings is 2. The molecule has 1 amide bonds. The lowest BCUT2D eigenvalue weighted by atomic mass is 10.2. The van der Waals surface area contributed by atoms with Gasteiger partial charge in [0.2, 0.25) is 15.9 Å². The zero-order valence-corrected chi connectivity index (χ0v) is 16.5. The van der Waals surface area contributed by atoms with E-state index in [1.165, 1.54) is 0 Å². The maximum Gasteiger partial charge on any atom is 0.240 e. The van der Waals surface area contributed by atoms with Crippen molar-refractivity contribution in [3.63, 3.8) is 0 Å². The minimum Gasteiger partial charge on any atom is -0.494 e. The monoisotopic (exact) mass is 390 g/mol. The topological polar surface area (TPSA) is 84.5 Å². The molecular weight excluding hydrogens is 364 g/mol. The molecule has 27 heavy (non-hydrogen) atoms. The summed E-state index contributed by atoms with van der Waals surface area (Å²) in [4.78, 5) is 12.1. The van der Waals surface area contributed by atoms with E-state index in [1.54, 1.807) is 19.1 Å². The lowest BCUT2D eigenvalue weighted by molar-refractivity contribution is -0.121. The van der Waals surface area contributed by atoms with Crippen molar-refractivity contribution in [2.24, 2.45) is 0 Å². The molecule has 0 aliphatic carbocycles. The van der Waals surface area contributed by atoms with Gasteiger partial charge in [-0.3, -0.25) is 4.79 Å². The van der Waals surface area contributed by atoms with Crippen LogP contribution >= 0.6 is 0 Å². The number of rotatable bonds is 10. The highest BCUT2D eigenvalue weighted by atomic mass is 32.2. The highest BCUT2D eigenvalue weighted by molar-refractivity contribution is 7.89. The van der Waals surface area contributed by atoms with Crippen molar-refractivity contribution in [1.82, 2.24) is 10.0 Å². The molecule has 2 aromatic rings. The summed E-state index contributed by atoms with van der Waals surface area (Å²) >= 11 is 0. The van der Waals surface area contributed by atoms with E-state index in [0.29, 0.717) is 25.0 Å². The van der Waals surface area contributed by atoms with Crippen LogP contribution in [-0.2, 0) is 14.8 Å². The third kappa shape index (κ3) is 7.03. The highest BCUT2D eigenvalue weighted by Gasteiger charge is 2.16. The second-order valence-electron chi connectivity index (χ2n) is 6.28. The van der Waals surface area contributed by atoms with Crippen molar-refractivity contribution in [2.45, 2.75) is 31.6 Å². The number of aryl methyl sites for hydroxylation is 2. The van der Waals surface area contributed by atoms with Gasteiger partial charge < -0.3 is 10.1 Å². The number of sulfonamides is 1. The lowest BCUT2D eigenvalue weighted by Crippen LogP contribution is -2.35. The Kier molecular flexibility index (Phi) is 7.82. The summed E-state index contributed by atoms with van der Waals surface area (Å²) in [7, 11) is -3.58. The summed E-state index contributed by atoms with van der Waals surface area (Å²) in [6, 6.07) is 14.6. The van der Waals surface area contributed by atoms with Gasteiger partial charge in [-0.15, -0.1) is 0 Å². The average Bonchev–Trinajstić information content (AvgIpc) is 2.63. The summed E-state index contributed by atoms with van der Waals surface area (Å²) in [5.41, 5.74) is 1.71. The van der Waals surface area contributed by atoms with E-state index >= 15 is 0 Å². The van der Waals surface area contributed by atoms with Crippen LogP contribution in [0.4, 0.5) is 0 Å². The van der Waals surface area contributed by atoms with E-state index in [9.17, 15) is 13.2 Å². The van der Waals surface area contributed by atoms with Crippen LogP contribution < -0.4 is 14.8 Å². The van der Waals surface area contributed by atoms with E-state index < -0.39 is 10.0 Å². The van der Waals surface area contributed by atoms with Gasteiger partial charge in [-0.05, 0) is 44.0 Å². The normalized spacial score (nSPS) is 11.2. The first-order valence-electron chi connectivity index (χ1n) is 8.90. The molecule has 0 spiro atoms. The number of nitrogens with one attached hydrogen (secondary N) is 2. The maximum absolute atomic E-state index is 12.3. The molecule has 0 aliphatic rings. The quantitative estimate of drug-likeness (QED) is 0.611. The zero-order chi connectivity index (χ0) is 19.7. The molecule has 0 heterocycles. The molecule has 0 bridgehead atoms. The maximum atomic E-state index is 12.3. The summed E-state index contributed by atoms with van der Waals surface area (Å²) < 4.78 is 32.7. The van der Waals surface area contributed by atoms with E-state index in [-0.39, 0.29) is 23.9 Å². The Morgan fingerprint density at radius 2 is 1.78 bits per heavy atom. The van der Waals surface area contributed by atoms with Crippen LogP contribution in [0.1, 0.15) is 24.0 Å². The number of carbonyl (C=O) groups is 1. The SMILES string of the molecule is Cc1ccc(S(=O)(=O)NCCNC(=O)CCCOc2ccccc2)c(C)c1. The first kappa shape index (κ1) is 20.9. The van der Waals surface area contributed by atoms with Crippen LogP contribution in [0.2, 0.25) is 0 Å². The number of ether oxygens (including phenoxy) is 1. The largest absolute Gasteiger partial charge is 0.494 e. The fraction of sp³-hybridized carbons (Fsp3) is 0.350. The highest BCUT2D eigenvalue weighted by Crippen LogP contribution is 2.15. The molecule has 0 atom stereocenters. The molecule has 0 unspecified atom stereocenters. The number of hydrogen-bond acceptors (Lipinski definition) is 4. The smallest absolute Gasteiger partial charge is 0.240 e. The average molecular weight is 391 g/mol. The molecule has 146 valence electrons. The number of para-hydroxylation sites is 1. The molecule has 0 radical (unpaired) electrons. The standard InChI is InChI=1S/C20H26N2O4S/c1-16-10-11-19(17(2)15-16)27(24,25)22-13-12-21-20(23)9-6-14-26-18-7-4-3-5-8-18/h3-5,7-8,10-11,15,22H,6,9,12-14H2,1-2H3,(H,21,23). The third-order valence-electron chi connectivity index (χ3n) is 3.92. The predicted molar refractivity (Wildman–Crippen MR) is 105 cm³/mol. The minimum absolute atomic E-state index is 0.127. The van der Waals surface area contributed by atoms with E-state index in [2.05, 4.69) is 10.0 Å². The molecule has 2 rings (SSSR count). The van der Waals surface area contributed by atoms with E-state index in [1.807, 2.05) is 43.3 Å². The van der Waals surface area contributed by atoms with Gasteiger partial charge in [0, 0.05) is 19.5 Å². The summed E-state index contributed by atoms with van der Waals surface area (Å²) in [6.07, 6.45) is 0.922. The van der Waals surface area contributed by atoms with Crippen LogP contribution in [0.5, 0.6) is 5.75 Å². The zero-order valence-electron chi connectivity index (χ0n) is 15.7. The van der Waals surface area contributed by atoms with E-state index in [0.717, 1.165) is 11.3 Å². The molecular formula is C20H26N2O4S. The molecule has 0 aromatic heterocycles. The third-order valence-corrected chi connectivity index (χ3v) is 5.54. The summed E-state index contributed by atoms with van der Waals surface area (Å²) in [5, 5.41) is 2.71. The van der Waals surface area contributed by atoms with Gasteiger partial charge in [-0.25, -0.2) is 13.1 Å². The van der Waals surface area contributed by atoms with Gasteiger partial charge >= 0.3 is 0 Å². The van der Waals surface area contributed by atoms with Gasteiger partial charge in [0.1, 0.15) is 5.75 Å². The molecule has 0 saturated carbocycles. The van der Waals surface area contributed by atoms with Crippen molar-refractivity contribution >= 4 is 15.9 Å². The van der Waals surface area contributed by atoms with Crippen molar-refractivity contribution in [3.05, 3.63) is 59.7 Å². The molecule has 0 aliphatic heterocycles. The fourth-order valence-corrected chi connectivity index (χ4v) is 3.85. The number of amides is 1. The van der Waals surface area contributed by atoms with Crippen LogP contribution in [0.3, 0.4) is 0 Å². The van der Waals surface area contributed by atoms with Crippen molar-refractivity contribution in [1.29, 1.82) is 0 Å². The van der Waals surface area contributed by atoms with E-state index in [4.69, 9.17) is 4.74 Å². The first-order chi connectivity index (χ1) is 12.9. The summed E-state index contributed by atoms with van der Waals surface area (Å²) in [6.45, 7) is 4.51. The fourth-order valence-electron chi connectivity index (χ4n) is 2.59. The number of carbonyl (C=O) groups excluding carboxylic acids is 1. The molecule has 0 fully saturated rings. The predicted octanol–water partition coefficient (Wildman–Crippen LogP) is 2.56. The van der Waals surface area contributed by atoms with Crippen molar-refractivity contribution in [3.8, 4) is 5.75 Å². The van der Waals surface area contributed by atoms with Crippen LogP contribution in [0.15, 0.2) is 53.4 Å². The molecule has 2 aromatic carbocycles. The first-order valence-corrected chi connectivity index (χ1v) is 10.4. The molecule has 7 heteroatoms. The van der Waals surface area contributed by atoms with Gasteiger partial charge in [-0.2, -0.15) is 0 Å². The van der Waals surface area contributed by atoms with Gasteiger partial charge in [-0.1, -0.05) is 35.9 Å². The number of hydrogen-bond donors (Lipinski definition) is 2. The Bertz CT molecular complexity index is 852. The van der Waals surface area contributed by atoms with Crippen LogP contribution in [-0.4, -0.2) is 34.0 Å². The lowest BCUT2D eigenvalue weighted by Gasteiger charge is -2.11. The Balaban J connectivity index is 1.64. The molecule has 2 N–H and O–H groups in total. The second-order valence-corrected chi connectivity index (χ2v) is 8.02. The Morgan fingerprint density at radius 1 is 1.04 bits per heavy atom. The van der Waals surface area contributed by atoms with Gasteiger partial charge in [0.15, 0.2) is 0 Å². The van der Waals surface area contributed by atoms with Crippen LogP contribution in [0, 0.1) is 13.8 Å². The van der Waals surface area contributed by atoms with Crippen molar-refractivity contribution in [2.75, 3.05) is 19.7 Å². The molecule has 6 nitrogen and oxygen atoms in total. The van der Waals surface area contributed by atoms with Gasteiger partial charge in [0.25, 0.3) is 0 Å². The summed E-state index contributed by atoms with van der Waals surface area (Å²) in [5.74, 6) is 0.649. The second kappa shape index (κ2) is 10.1.